The fourth-order valence-electron chi connectivity index (χ4n) is 1.80. The highest BCUT2D eigenvalue weighted by atomic mass is 16.5. The van der Waals surface area contributed by atoms with E-state index in [9.17, 15) is 5.11 Å². The van der Waals surface area contributed by atoms with Crippen LogP contribution in [0.2, 0.25) is 0 Å². The summed E-state index contributed by atoms with van der Waals surface area (Å²) in [4.78, 5) is 0. The fraction of sp³-hybridized carbons (Fsp3) is 0.571. The number of nitrogens with one attached hydrogen (secondary N) is 1. The zero-order valence-electron chi connectivity index (χ0n) is 10.9. The van der Waals surface area contributed by atoms with Gasteiger partial charge in [0.15, 0.2) is 0 Å². The molecule has 3 nitrogen and oxygen atoms in total. The first-order chi connectivity index (χ1) is 8.15. The van der Waals surface area contributed by atoms with Crippen LogP contribution < -0.4 is 10.1 Å². The zero-order valence-corrected chi connectivity index (χ0v) is 10.9. The van der Waals surface area contributed by atoms with Crippen molar-refractivity contribution in [2.45, 2.75) is 32.9 Å². The summed E-state index contributed by atoms with van der Waals surface area (Å²) in [6.07, 6.45) is 0.993. The van der Waals surface area contributed by atoms with Crippen LogP contribution in [-0.2, 0) is 6.54 Å². The third-order valence-electron chi connectivity index (χ3n) is 2.73. The molecule has 0 saturated carbocycles. The molecule has 0 saturated heterocycles. The lowest BCUT2D eigenvalue weighted by molar-refractivity contribution is 0.223. The van der Waals surface area contributed by atoms with E-state index in [1.807, 2.05) is 24.3 Å². The topological polar surface area (TPSA) is 41.5 Å². The van der Waals surface area contributed by atoms with Crippen LogP contribution in [0.1, 0.15) is 25.8 Å². The summed E-state index contributed by atoms with van der Waals surface area (Å²) in [5, 5.41) is 12.6. The lowest BCUT2D eigenvalue weighted by atomic mass is 10.0. The van der Waals surface area contributed by atoms with Crippen LogP contribution in [0.25, 0.3) is 0 Å². The number of aliphatic hydroxyl groups is 1. The largest absolute Gasteiger partial charge is 0.497 e. The van der Waals surface area contributed by atoms with Crippen molar-refractivity contribution in [2.75, 3.05) is 13.7 Å². The second-order valence-electron chi connectivity index (χ2n) is 4.74. The maximum Gasteiger partial charge on any atom is 0.118 e. The van der Waals surface area contributed by atoms with Crippen molar-refractivity contribution in [3.8, 4) is 5.75 Å². The van der Waals surface area contributed by atoms with Gasteiger partial charge >= 0.3 is 0 Å². The van der Waals surface area contributed by atoms with Gasteiger partial charge in [-0.2, -0.15) is 0 Å². The highest BCUT2D eigenvalue weighted by Gasteiger charge is 2.08. The summed E-state index contributed by atoms with van der Waals surface area (Å²) in [6.45, 7) is 5.30. The SMILES string of the molecule is COc1ccc(CNC(CO)CC(C)C)cc1. The Kier molecular flexibility index (Phi) is 6.01. The number of rotatable bonds is 7. The van der Waals surface area contributed by atoms with Crippen LogP contribution in [-0.4, -0.2) is 24.9 Å². The average molecular weight is 237 g/mol. The van der Waals surface area contributed by atoms with Crippen LogP contribution >= 0.6 is 0 Å². The van der Waals surface area contributed by atoms with Crippen molar-refractivity contribution in [1.82, 2.24) is 5.32 Å². The Hall–Kier alpha value is -1.06. The Labute approximate surface area is 104 Å². The van der Waals surface area contributed by atoms with E-state index in [1.165, 1.54) is 5.56 Å². The first-order valence-electron chi connectivity index (χ1n) is 6.13. The number of hydrogen-bond donors (Lipinski definition) is 2. The Balaban J connectivity index is 2.42. The molecule has 0 spiro atoms. The van der Waals surface area contributed by atoms with Gasteiger partial charge in [-0.25, -0.2) is 0 Å². The molecule has 0 heterocycles. The van der Waals surface area contributed by atoms with E-state index in [0.29, 0.717) is 5.92 Å². The molecule has 1 aromatic carbocycles. The maximum absolute atomic E-state index is 9.25. The Morgan fingerprint density at radius 2 is 1.88 bits per heavy atom. The molecule has 1 atom stereocenters. The normalized spacial score (nSPS) is 12.8. The molecule has 1 aromatic rings. The van der Waals surface area contributed by atoms with E-state index in [2.05, 4.69) is 19.2 Å². The van der Waals surface area contributed by atoms with Crippen molar-refractivity contribution in [3.63, 3.8) is 0 Å². The Morgan fingerprint density at radius 3 is 2.35 bits per heavy atom. The van der Waals surface area contributed by atoms with Gasteiger partial charge in [0.2, 0.25) is 0 Å². The quantitative estimate of drug-likeness (QED) is 0.764. The van der Waals surface area contributed by atoms with Crippen LogP contribution in [0.15, 0.2) is 24.3 Å². The monoisotopic (exact) mass is 237 g/mol. The number of aliphatic hydroxyl groups excluding tert-OH is 1. The molecular weight excluding hydrogens is 214 g/mol. The molecule has 96 valence electrons. The maximum atomic E-state index is 9.25. The molecule has 1 rings (SSSR count). The van der Waals surface area contributed by atoms with Gasteiger partial charge in [0, 0.05) is 12.6 Å². The third-order valence-corrected chi connectivity index (χ3v) is 2.73. The first-order valence-corrected chi connectivity index (χ1v) is 6.13. The minimum atomic E-state index is 0.178. The van der Waals surface area contributed by atoms with Crippen LogP contribution in [0.5, 0.6) is 5.75 Å². The van der Waals surface area contributed by atoms with Gasteiger partial charge in [0.1, 0.15) is 5.75 Å². The smallest absolute Gasteiger partial charge is 0.118 e. The van der Waals surface area contributed by atoms with Crippen molar-refractivity contribution >= 4 is 0 Å². The van der Waals surface area contributed by atoms with Gasteiger partial charge in [-0.05, 0) is 30.0 Å². The summed E-state index contributed by atoms with van der Waals surface area (Å²) in [6, 6.07) is 8.16. The summed E-state index contributed by atoms with van der Waals surface area (Å²) in [5.74, 6) is 1.46. The average Bonchev–Trinajstić information content (AvgIpc) is 2.34. The molecule has 0 bridgehead atoms. The van der Waals surface area contributed by atoms with Gasteiger partial charge in [0.05, 0.1) is 13.7 Å². The zero-order chi connectivity index (χ0) is 12.7. The van der Waals surface area contributed by atoms with Gasteiger partial charge < -0.3 is 15.2 Å². The number of methoxy groups -OCH3 is 1. The molecule has 0 aliphatic carbocycles. The van der Waals surface area contributed by atoms with Crippen LogP contribution in [0, 0.1) is 5.92 Å². The van der Waals surface area contributed by atoms with Crippen molar-refractivity contribution in [3.05, 3.63) is 29.8 Å². The minimum Gasteiger partial charge on any atom is -0.497 e. The number of hydrogen-bond acceptors (Lipinski definition) is 3. The van der Waals surface area contributed by atoms with E-state index in [1.54, 1.807) is 7.11 Å². The first kappa shape index (κ1) is 14.0. The molecule has 2 N–H and O–H groups in total. The standard InChI is InChI=1S/C14H23NO2/c1-11(2)8-13(10-16)15-9-12-4-6-14(17-3)7-5-12/h4-7,11,13,15-16H,8-10H2,1-3H3. The lowest BCUT2D eigenvalue weighted by Crippen LogP contribution is -2.33. The summed E-state index contributed by atoms with van der Waals surface area (Å²) >= 11 is 0. The predicted molar refractivity (Wildman–Crippen MR) is 70.2 cm³/mol. The fourth-order valence-corrected chi connectivity index (χ4v) is 1.80. The molecule has 3 heteroatoms. The molecule has 17 heavy (non-hydrogen) atoms. The highest BCUT2D eigenvalue weighted by molar-refractivity contribution is 5.27. The van der Waals surface area contributed by atoms with Gasteiger partial charge in [-0.1, -0.05) is 26.0 Å². The predicted octanol–water partition coefficient (Wildman–Crippen LogP) is 2.19. The summed E-state index contributed by atoms with van der Waals surface area (Å²) in [7, 11) is 1.66. The second-order valence-corrected chi connectivity index (χ2v) is 4.74. The molecule has 0 radical (unpaired) electrons. The van der Waals surface area contributed by atoms with Crippen molar-refractivity contribution < 1.29 is 9.84 Å². The molecule has 0 aliphatic rings. The van der Waals surface area contributed by atoms with Gasteiger partial charge in [-0.3, -0.25) is 0 Å². The lowest BCUT2D eigenvalue weighted by Gasteiger charge is -2.18. The molecule has 0 fully saturated rings. The van der Waals surface area contributed by atoms with E-state index >= 15 is 0 Å². The third kappa shape index (κ3) is 5.20. The molecular formula is C14H23NO2. The van der Waals surface area contributed by atoms with E-state index in [-0.39, 0.29) is 12.6 Å². The Morgan fingerprint density at radius 1 is 1.24 bits per heavy atom. The van der Waals surface area contributed by atoms with Gasteiger partial charge in [0.25, 0.3) is 0 Å². The second kappa shape index (κ2) is 7.30. The Bertz CT molecular complexity index is 309. The van der Waals surface area contributed by atoms with Crippen LogP contribution in [0.4, 0.5) is 0 Å². The molecule has 0 amide bonds. The number of benzene rings is 1. The number of ether oxygens (including phenoxy) is 1. The van der Waals surface area contributed by atoms with Crippen molar-refractivity contribution in [2.24, 2.45) is 5.92 Å². The van der Waals surface area contributed by atoms with E-state index in [0.717, 1.165) is 18.7 Å². The molecule has 1 unspecified atom stereocenters. The molecule has 0 aromatic heterocycles. The summed E-state index contributed by atoms with van der Waals surface area (Å²) in [5.41, 5.74) is 1.20. The van der Waals surface area contributed by atoms with Gasteiger partial charge in [-0.15, -0.1) is 0 Å². The molecule has 0 aliphatic heterocycles. The van der Waals surface area contributed by atoms with Crippen molar-refractivity contribution in [1.29, 1.82) is 0 Å². The minimum absolute atomic E-state index is 0.178. The van der Waals surface area contributed by atoms with E-state index < -0.39 is 0 Å². The van der Waals surface area contributed by atoms with Crippen LogP contribution in [0.3, 0.4) is 0 Å². The highest BCUT2D eigenvalue weighted by Crippen LogP contribution is 2.11. The van der Waals surface area contributed by atoms with E-state index in [4.69, 9.17) is 4.74 Å². The summed E-state index contributed by atoms with van der Waals surface area (Å²) < 4.78 is 5.11.